The van der Waals surface area contributed by atoms with Gasteiger partial charge in [0.05, 0.1) is 13.5 Å². The first-order chi connectivity index (χ1) is 5.16. The molecule has 0 atom stereocenters. The van der Waals surface area contributed by atoms with Crippen LogP contribution in [0.4, 0.5) is 0 Å². The lowest BCUT2D eigenvalue weighted by Crippen LogP contribution is -2.10. The Bertz CT molecular complexity index is 141. The average Bonchev–Trinajstić information content (AvgIpc) is 1.97. The molecule has 0 saturated heterocycles. The molecule has 0 N–H and O–H groups in total. The van der Waals surface area contributed by atoms with E-state index < -0.39 is 0 Å². The van der Waals surface area contributed by atoms with Gasteiger partial charge in [-0.3, -0.25) is 4.79 Å². The van der Waals surface area contributed by atoms with Gasteiger partial charge in [-0.15, -0.1) is 0 Å². The van der Waals surface area contributed by atoms with Crippen LogP contribution in [0.25, 0.3) is 0 Å². The van der Waals surface area contributed by atoms with Crippen molar-refractivity contribution in [1.29, 1.82) is 0 Å². The smallest absolute Gasteiger partial charge is 0.309 e. The highest BCUT2D eigenvalue weighted by atomic mass is 16.5. The van der Waals surface area contributed by atoms with Gasteiger partial charge in [0.2, 0.25) is 0 Å². The Morgan fingerprint density at radius 2 is 2.09 bits per heavy atom. The predicted molar refractivity (Wildman–Crippen MR) is 44.3 cm³/mol. The number of likely N-dealkylation sites (N-methyl/N-ethyl adjacent to an activating group) is 1. The molecule has 0 aromatic carbocycles. The van der Waals surface area contributed by atoms with Crippen LogP contribution >= 0.6 is 0 Å². The zero-order valence-corrected chi connectivity index (χ0v) is 7.33. The monoisotopic (exact) mass is 157 g/mol. The van der Waals surface area contributed by atoms with Crippen LogP contribution in [-0.4, -0.2) is 38.6 Å². The normalized spacial score (nSPS) is 10.9. The summed E-state index contributed by atoms with van der Waals surface area (Å²) in [5, 5.41) is 0. The third kappa shape index (κ3) is 7.06. The molecule has 0 heterocycles. The fraction of sp³-hybridized carbons (Fsp3) is 0.625. The van der Waals surface area contributed by atoms with Crippen molar-refractivity contribution in [3.8, 4) is 0 Å². The third-order valence-corrected chi connectivity index (χ3v) is 1.15. The van der Waals surface area contributed by atoms with Crippen LogP contribution in [0, 0.1) is 0 Å². The van der Waals surface area contributed by atoms with E-state index in [1.807, 2.05) is 31.1 Å². The summed E-state index contributed by atoms with van der Waals surface area (Å²) in [7, 11) is 5.34. The molecule has 64 valence electrons. The Morgan fingerprint density at radius 1 is 1.45 bits per heavy atom. The Hall–Kier alpha value is -0.830. The summed E-state index contributed by atoms with van der Waals surface area (Å²) < 4.78 is 4.45. The summed E-state index contributed by atoms with van der Waals surface area (Å²) in [4.78, 5) is 12.6. The fourth-order valence-corrected chi connectivity index (χ4v) is 0.548. The molecule has 0 bridgehead atoms. The molecule has 0 aliphatic heterocycles. The summed E-state index contributed by atoms with van der Waals surface area (Å²) >= 11 is 0. The second-order valence-electron chi connectivity index (χ2n) is 2.51. The molecule has 0 unspecified atom stereocenters. The van der Waals surface area contributed by atoms with Crippen LogP contribution in [0.3, 0.4) is 0 Å². The van der Waals surface area contributed by atoms with E-state index in [-0.39, 0.29) is 5.97 Å². The van der Waals surface area contributed by atoms with Crippen molar-refractivity contribution in [2.45, 2.75) is 6.42 Å². The van der Waals surface area contributed by atoms with Gasteiger partial charge in [0, 0.05) is 6.54 Å². The number of hydrogen-bond donors (Lipinski definition) is 0. The second-order valence-corrected chi connectivity index (χ2v) is 2.51. The van der Waals surface area contributed by atoms with Gasteiger partial charge in [0.1, 0.15) is 0 Å². The van der Waals surface area contributed by atoms with E-state index >= 15 is 0 Å². The van der Waals surface area contributed by atoms with Crippen LogP contribution < -0.4 is 0 Å². The summed E-state index contributed by atoms with van der Waals surface area (Å²) in [6.45, 7) is 0.858. The molecule has 0 spiro atoms. The Kier molecular flexibility index (Phi) is 5.47. The van der Waals surface area contributed by atoms with Gasteiger partial charge >= 0.3 is 5.97 Å². The largest absolute Gasteiger partial charge is 0.469 e. The van der Waals surface area contributed by atoms with E-state index in [1.165, 1.54) is 7.11 Å². The maximum Gasteiger partial charge on any atom is 0.309 e. The molecule has 0 rings (SSSR count). The summed E-state index contributed by atoms with van der Waals surface area (Å²) in [6.07, 6.45) is 4.12. The minimum absolute atomic E-state index is 0.194. The lowest BCUT2D eigenvalue weighted by molar-refractivity contribution is -0.139. The van der Waals surface area contributed by atoms with Crippen molar-refractivity contribution in [3.63, 3.8) is 0 Å². The zero-order chi connectivity index (χ0) is 8.69. The number of methoxy groups -OCH3 is 1. The molecule has 3 nitrogen and oxygen atoms in total. The predicted octanol–water partition coefficient (Wildman–Crippen LogP) is 0.667. The van der Waals surface area contributed by atoms with Crippen LogP contribution in [0.1, 0.15) is 6.42 Å². The molecule has 0 radical (unpaired) electrons. The Balaban J connectivity index is 3.37. The standard InChI is InChI=1S/C8H15NO2/c1-9(2)7-5-4-6-8(10)11-3/h4-5H,6-7H2,1-3H3/b5-4+. The minimum Gasteiger partial charge on any atom is -0.469 e. The minimum atomic E-state index is -0.194. The first kappa shape index (κ1) is 10.2. The number of carbonyl (C=O) groups is 1. The van der Waals surface area contributed by atoms with Crippen molar-refractivity contribution in [2.75, 3.05) is 27.7 Å². The van der Waals surface area contributed by atoms with Gasteiger partial charge in [-0.05, 0) is 14.1 Å². The van der Waals surface area contributed by atoms with Crippen molar-refractivity contribution in [1.82, 2.24) is 4.90 Å². The van der Waals surface area contributed by atoms with E-state index in [9.17, 15) is 4.79 Å². The number of hydrogen-bond acceptors (Lipinski definition) is 3. The first-order valence-corrected chi connectivity index (χ1v) is 3.53. The van der Waals surface area contributed by atoms with Crippen LogP contribution in [0.15, 0.2) is 12.2 Å². The molecule has 0 aliphatic carbocycles. The highest BCUT2D eigenvalue weighted by Gasteiger charge is 1.92. The number of rotatable bonds is 4. The van der Waals surface area contributed by atoms with Gasteiger partial charge in [-0.25, -0.2) is 0 Å². The highest BCUT2D eigenvalue weighted by molar-refractivity contribution is 5.70. The number of nitrogens with zero attached hydrogens (tertiary/aromatic N) is 1. The number of esters is 1. The van der Waals surface area contributed by atoms with Crippen molar-refractivity contribution < 1.29 is 9.53 Å². The summed E-state index contributed by atoms with van der Waals surface area (Å²) in [6, 6.07) is 0. The van der Waals surface area contributed by atoms with Crippen LogP contribution in [0.2, 0.25) is 0 Å². The molecular formula is C8H15NO2. The van der Waals surface area contributed by atoms with Gasteiger partial charge in [-0.2, -0.15) is 0 Å². The molecule has 11 heavy (non-hydrogen) atoms. The lowest BCUT2D eigenvalue weighted by Gasteiger charge is -2.02. The van der Waals surface area contributed by atoms with Gasteiger partial charge in [0.25, 0.3) is 0 Å². The van der Waals surface area contributed by atoms with E-state index in [0.717, 1.165) is 6.54 Å². The number of carbonyl (C=O) groups excluding carboxylic acids is 1. The number of ether oxygens (including phenoxy) is 1. The van der Waals surface area contributed by atoms with Gasteiger partial charge < -0.3 is 9.64 Å². The van der Waals surface area contributed by atoms with E-state index in [2.05, 4.69) is 4.74 Å². The topological polar surface area (TPSA) is 29.5 Å². The average molecular weight is 157 g/mol. The Morgan fingerprint density at radius 3 is 2.55 bits per heavy atom. The van der Waals surface area contributed by atoms with Gasteiger partial charge in [0.15, 0.2) is 0 Å². The highest BCUT2D eigenvalue weighted by Crippen LogP contribution is 1.86. The van der Waals surface area contributed by atoms with E-state index in [4.69, 9.17) is 0 Å². The van der Waals surface area contributed by atoms with Crippen LogP contribution in [-0.2, 0) is 9.53 Å². The van der Waals surface area contributed by atoms with Crippen LogP contribution in [0.5, 0.6) is 0 Å². The van der Waals surface area contributed by atoms with Crippen molar-refractivity contribution >= 4 is 5.97 Å². The summed E-state index contributed by atoms with van der Waals surface area (Å²) in [5.41, 5.74) is 0. The fourth-order valence-electron chi connectivity index (χ4n) is 0.548. The van der Waals surface area contributed by atoms with E-state index in [0.29, 0.717) is 6.42 Å². The van der Waals surface area contributed by atoms with Crippen molar-refractivity contribution in [2.24, 2.45) is 0 Å². The maximum atomic E-state index is 10.6. The molecule has 0 saturated carbocycles. The third-order valence-electron chi connectivity index (χ3n) is 1.15. The van der Waals surface area contributed by atoms with Gasteiger partial charge in [-0.1, -0.05) is 12.2 Å². The molecule has 3 heteroatoms. The quantitative estimate of drug-likeness (QED) is 0.443. The van der Waals surface area contributed by atoms with E-state index in [1.54, 1.807) is 0 Å². The molecule has 0 aromatic rings. The maximum absolute atomic E-state index is 10.6. The van der Waals surface area contributed by atoms with Crippen molar-refractivity contribution in [3.05, 3.63) is 12.2 Å². The molecule has 0 fully saturated rings. The lowest BCUT2D eigenvalue weighted by atomic mass is 10.4. The zero-order valence-electron chi connectivity index (χ0n) is 7.33. The first-order valence-electron chi connectivity index (χ1n) is 3.53. The molecular weight excluding hydrogens is 142 g/mol. The second kappa shape index (κ2) is 5.92. The summed E-state index contributed by atoms with van der Waals surface area (Å²) in [5.74, 6) is -0.194. The SMILES string of the molecule is COC(=O)C/C=C/CN(C)C. The Labute approximate surface area is 67.6 Å². The molecule has 0 aromatic heterocycles. The molecule has 0 aliphatic rings. The molecule has 0 amide bonds.